The Bertz CT molecular complexity index is 964. The minimum absolute atomic E-state index is 0.283. The van der Waals surface area contributed by atoms with Crippen molar-refractivity contribution >= 4 is 21.8 Å². The molecule has 0 saturated heterocycles. The maximum atomic E-state index is 13.3. The molecule has 36 heavy (non-hydrogen) atoms. The molecule has 0 fully saturated rings. The van der Waals surface area contributed by atoms with E-state index in [1.165, 1.54) is 51.0 Å². The second-order valence-electron chi connectivity index (χ2n) is 9.17. The Kier molecular flexibility index (Phi) is 12.8. The second-order valence-corrected chi connectivity index (χ2v) is 10.0. The lowest BCUT2D eigenvalue weighted by Gasteiger charge is -2.18. The van der Waals surface area contributed by atoms with Crippen LogP contribution in [0.25, 0.3) is 11.1 Å². The summed E-state index contributed by atoms with van der Waals surface area (Å²) >= 11 is 3.40. The largest absolute Gasteiger partial charge is 0.474 e. The Hall–Kier alpha value is -2.06. The normalized spacial score (nSPS) is 12.4. The molecule has 2 aromatic rings. The van der Waals surface area contributed by atoms with E-state index in [9.17, 15) is 18.0 Å². The van der Waals surface area contributed by atoms with E-state index in [4.69, 9.17) is 10.5 Å². The zero-order valence-corrected chi connectivity index (χ0v) is 22.8. The van der Waals surface area contributed by atoms with Crippen LogP contribution in [0.4, 0.5) is 13.2 Å². The van der Waals surface area contributed by atoms with Crippen LogP contribution in [-0.4, -0.2) is 18.7 Å². The van der Waals surface area contributed by atoms with Crippen molar-refractivity contribution < 1.29 is 22.7 Å². The summed E-state index contributed by atoms with van der Waals surface area (Å²) in [6.45, 7) is 4.39. The smallest absolute Gasteiger partial charge is 0.416 e. The molecule has 2 aromatic carbocycles. The Labute approximate surface area is 221 Å². The first-order valence-electron chi connectivity index (χ1n) is 12.8. The molecule has 0 spiro atoms. The fraction of sp³-hybridized carbons (Fsp3) is 0.536. The molecule has 0 bridgehead atoms. The van der Waals surface area contributed by atoms with Gasteiger partial charge < -0.3 is 10.1 Å². The molecule has 1 unspecified atom stereocenters. The molecule has 2 rings (SSSR count). The van der Waals surface area contributed by atoms with Gasteiger partial charge in [0.05, 0.1) is 10.0 Å². The molecule has 1 atom stereocenters. The first-order chi connectivity index (χ1) is 17.1. The molecule has 0 saturated carbocycles. The van der Waals surface area contributed by atoms with E-state index in [1.807, 2.05) is 0 Å². The van der Waals surface area contributed by atoms with Crippen LogP contribution in [0.3, 0.4) is 0 Å². The first-order valence-corrected chi connectivity index (χ1v) is 13.6. The van der Waals surface area contributed by atoms with E-state index in [2.05, 4.69) is 28.2 Å². The molecule has 4 nitrogen and oxygen atoms in total. The van der Waals surface area contributed by atoms with Crippen molar-refractivity contribution in [2.45, 2.75) is 90.5 Å². The van der Waals surface area contributed by atoms with Gasteiger partial charge in [-0.1, -0.05) is 76.8 Å². The lowest BCUT2D eigenvalue weighted by Crippen LogP contribution is -2.25. The summed E-state index contributed by atoms with van der Waals surface area (Å²) < 4.78 is 46.0. The number of carbonyl (C=O) groups excluding carboxylic acids is 1. The van der Waals surface area contributed by atoms with E-state index in [1.54, 1.807) is 25.1 Å². The van der Waals surface area contributed by atoms with Gasteiger partial charge in [0, 0.05) is 17.7 Å². The monoisotopic (exact) mass is 570 g/mol. The van der Waals surface area contributed by atoms with Gasteiger partial charge in [-0.2, -0.15) is 13.2 Å². The highest BCUT2D eigenvalue weighted by atomic mass is 79.9. The number of alkyl halides is 3. The van der Waals surface area contributed by atoms with Crippen molar-refractivity contribution in [3.63, 3.8) is 0 Å². The predicted octanol–water partition coefficient (Wildman–Crippen LogP) is 8.47. The van der Waals surface area contributed by atoms with Crippen molar-refractivity contribution in [3.8, 4) is 16.9 Å². The topological polar surface area (TPSA) is 64.3 Å². The summed E-state index contributed by atoms with van der Waals surface area (Å²) in [4.78, 5) is 12.8. The summed E-state index contributed by atoms with van der Waals surface area (Å²) in [6, 6.07) is 8.08. The van der Waals surface area contributed by atoms with E-state index in [0.717, 1.165) is 31.4 Å². The van der Waals surface area contributed by atoms with E-state index < -0.39 is 18.0 Å². The van der Waals surface area contributed by atoms with Gasteiger partial charge in [-0.05, 0) is 59.1 Å². The minimum atomic E-state index is -4.49. The Balaban J connectivity index is 2.01. The lowest BCUT2D eigenvalue weighted by molar-refractivity contribution is -0.137. The van der Waals surface area contributed by atoms with Crippen LogP contribution < -0.4 is 15.8 Å². The summed E-state index contributed by atoms with van der Waals surface area (Å²) in [6.07, 6.45) is 6.90. The molecule has 1 amide bonds. The average Bonchev–Trinajstić information content (AvgIpc) is 2.82. The molecular formula is C28H38BrF3N2O2. The third-order valence-electron chi connectivity index (χ3n) is 5.93. The van der Waals surface area contributed by atoms with Gasteiger partial charge in [-0.25, -0.2) is 0 Å². The molecular weight excluding hydrogens is 533 g/mol. The van der Waals surface area contributed by atoms with E-state index >= 15 is 0 Å². The predicted molar refractivity (Wildman–Crippen MR) is 143 cm³/mol. The van der Waals surface area contributed by atoms with Crippen molar-refractivity contribution in [2.75, 3.05) is 6.54 Å². The van der Waals surface area contributed by atoms with E-state index in [-0.39, 0.29) is 17.2 Å². The molecule has 0 radical (unpaired) electrons. The Morgan fingerprint density at radius 3 is 2.19 bits per heavy atom. The Morgan fingerprint density at radius 1 is 1.00 bits per heavy atom. The fourth-order valence-corrected chi connectivity index (χ4v) is 4.58. The molecule has 0 aliphatic carbocycles. The number of unbranched alkanes of at least 4 members (excludes halogenated alkanes) is 9. The number of hydrogen-bond acceptors (Lipinski definition) is 3. The molecule has 0 aliphatic heterocycles. The summed E-state index contributed by atoms with van der Waals surface area (Å²) in [5.41, 5.74) is 5.98. The van der Waals surface area contributed by atoms with Crippen LogP contribution in [0.1, 0.15) is 94.0 Å². The molecule has 0 aliphatic rings. The van der Waals surface area contributed by atoms with Gasteiger partial charge in [0.1, 0.15) is 12.0 Å². The number of nitrogens with one attached hydrogen (secondary N) is 1. The van der Waals surface area contributed by atoms with Gasteiger partial charge in [0.25, 0.3) is 5.91 Å². The maximum Gasteiger partial charge on any atom is 0.416 e. The zero-order chi connectivity index (χ0) is 26.6. The van der Waals surface area contributed by atoms with E-state index in [0.29, 0.717) is 22.1 Å². The third kappa shape index (κ3) is 10.1. The zero-order valence-electron chi connectivity index (χ0n) is 21.2. The molecule has 0 heterocycles. The number of hydrogen-bond donors (Lipinski definition) is 2. The standard InChI is InChI=1S/C28H38BrF3N2O2/c1-3-4-5-6-7-8-9-10-11-12-16-34-27(35)22-18-24(26(25(29)19-22)36-20(2)33)21-14-13-15-23(17-21)28(30,31)32/h13-15,17-20H,3-12,16,33H2,1-2H3,(H,34,35). The lowest BCUT2D eigenvalue weighted by atomic mass is 9.99. The van der Waals surface area contributed by atoms with Gasteiger partial charge >= 0.3 is 6.18 Å². The van der Waals surface area contributed by atoms with Crippen LogP contribution in [-0.2, 0) is 6.18 Å². The molecule has 0 aromatic heterocycles. The maximum absolute atomic E-state index is 13.3. The number of ether oxygens (including phenoxy) is 1. The van der Waals surface area contributed by atoms with Gasteiger partial charge in [-0.15, -0.1) is 0 Å². The Morgan fingerprint density at radius 2 is 1.61 bits per heavy atom. The van der Waals surface area contributed by atoms with Crippen LogP contribution >= 0.6 is 15.9 Å². The van der Waals surface area contributed by atoms with Crippen molar-refractivity contribution in [2.24, 2.45) is 5.73 Å². The number of amides is 1. The van der Waals surface area contributed by atoms with Crippen LogP contribution in [0, 0.1) is 0 Å². The number of benzene rings is 2. The van der Waals surface area contributed by atoms with Gasteiger partial charge in [0.2, 0.25) is 0 Å². The van der Waals surface area contributed by atoms with Crippen LogP contribution in [0.2, 0.25) is 0 Å². The molecule has 200 valence electrons. The van der Waals surface area contributed by atoms with Crippen molar-refractivity contribution in [1.29, 1.82) is 0 Å². The quantitative estimate of drug-likeness (QED) is 0.167. The summed E-state index contributed by atoms with van der Waals surface area (Å²) in [5, 5.41) is 2.92. The molecule has 3 N–H and O–H groups in total. The number of rotatable bonds is 15. The summed E-state index contributed by atoms with van der Waals surface area (Å²) in [5.74, 6) is 0.00256. The highest BCUT2D eigenvalue weighted by Crippen LogP contribution is 2.40. The number of carbonyl (C=O) groups is 1. The van der Waals surface area contributed by atoms with Gasteiger partial charge in [0.15, 0.2) is 0 Å². The molecule has 8 heteroatoms. The van der Waals surface area contributed by atoms with Crippen molar-refractivity contribution in [1.82, 2.24) is 5.32 Å². The second kappa shape index (κ2) is 15.3. The van der Waals surface area contributed by atoms with Gasteiger partial charge in [-0.3, -0.25) is 10.5 Å². The number of nitrogens with two attached hydrogens (primary N) is 1. The first kappa shape index (κ1) is 30.2. The fourth-order valence-electron chi connectivity index (χ4n) is 4.02. The minimum Gasteiger partial charge on any atom is -0.474 e. The van der Waals surface area contributed by atoms with Crippen LogP contribution in [0.5, 0.6) is 5.75 Å². The summed E-state index contributed by atoms with van der Waals surface area (Å²) in [7, 11) is 0. The number of halogens is 4. The average molecular weight is 572 g/mol. The highest BCUT2D eigenvalue weighted by Gasteiger charge is 2.31. The third-order valence-corrected chi connectivity index (χ3v) is 6.52. The van der Waals surface area contributed by atoms with Crippen molar-refractivity contribution in [3.05, 3.63) is 52.0 Å². The highest BCUT2D eigenvalue weighted by molar-refractivity contribution is 9.10. The van der Waals surface area contributed by atoms with Crippen LogP contribution in [0.15, 0.2) is 40.9 Å². The SMILES string of the molecule is CCCCCCCCCCCCNC(=O)c1cc(Br)c(OC(C)N)c(-c2cccc(C(F)(F)F)c2)c1.